The number of carbonyl (C=O) groups is 2. The molecule has 4 aromatic carbocycles. The van der Waals surface area contributed by atoms with Gasteiger partial charge in [0.15, 0.2) is 12.3 Å². The quantitative estimate of drug-likeness (QED) is 0.0788. The first-order valence-corrected chi connectivity index (χ1v) is 21.3. The van der Waals surface area contributed by atoms with Gasteiger partial charge in [0.2, 0.25) is 11.5 Å². The molecule has 13 nitrogen and oxygen atoms in total. The van der Waals surface area contributed by atoms with E-state index in [9.17, 15) is 31.0 Å². The first-order chi connectivity index (χ1) is 26.3. The highest BCUT2D eigenvalue weighted by Crippen LogP contribution is 2.40. The predicted octanol–water partition coefficient (Wildman–Crippen LogP) is 6.47. The number of nitrogens with zero attached hydrogens (tertiary/aromatic N) is 2. The Hall–Kier alpha value is -5.77. The second-order valence-corrected chi connectivity index (χ2v) is 16.9. The number of nitrogens with one attached hydrogen (secondary N) is 2. The lowest BCUT2D eigenvalue weighted by Gasteiger charge is -2.19. The largest absolute Gasteiger partial charge is 0.439 e. The molecule has 2 heterocycles. The zero-order valence-electron chi connectivity index (χ0n) is 30.3. The normalized spacial score (nSPS) is 13.8. The molecule has 0 fully saturated rings. The number of benzene rings is 4. The second-order valence-electron chi connectivity index (χ2n) is 13.0. The average Bonchev–Trinajstić information content (AvgIpc) is 3.66. The number of carbonyl (C=O) groups excluding carboxylic acids is 2. The Balaban J connectivity index is 1.35. The van der Waals surface area contributed by atoms with E-state index < -0.39 is 25.7 Å². The summed E-state index contributed by atoms with van der Waals surface area (Å²) in [6, 6.07) is 28.1. The van der Waals surface area contributed by atoms with Crippen LogP contribution in [0.15, 0.2) is 119 Å². The van der Waals surface area contributed by atoms with Gasteiger partial charge in [-0.1, -0.05) is 43.3 Å². The molecule has 1 aliphatic rings. The van der Waals surface area contributed by atoms with Crippen molar-refractivity contribution >= 4 is 66.0 Å². The van der Waals surface area contributed by atoms with Crippen LogP contribution in [-0.4, -0.2) is 57.5 Å². The Kier molecular flexibility index (Phi) is 11.8. The molecule has 0 atom stereocenters. The molecular weight excluding hydrogens is 745 g/mol. The van der Waals surface area contributed by atoms with Crippen LogP contribution in [0.1, 0.15) is 52.8 Å². The molecule has 0 aliphatic carbocycles. The summed E-state index contributed by atoms with van der Waals surface area (Å²) in [4.78, 5) is 28.1. The monoisotopic (exact) mass is 785 g/mol. The minimum Gasteiger partial charge on any atom is -0.439 e. The Labute approximate surface area is 319 Å². The summed E-state index contributed by atoms with van der Waals surface area (Å²) < 4.78 is 71.1. The zero-order valence-corrected chi connectivity index (χ0v) is 31.9. The van der Waals surface area contributed by atoms with E-state index in [4.69, 9.17) is 9.15 Å². The number of sulfone groups is 1. The van der Waals surface area contributed by atoms with E-state index >= 15 is 0 Å². The lowest BCUT2D eigenvalue weighted by Crippen LogP contribution is -2.36. The van der Waals surface area contributed by atoms with Crippen LogP contribution in [0, 0.1) is 0 Å². The van der Waals surface area contributed by atoms with Crippen LogP contribution < -0.4 is 24.8 Å². The summed E-state index contributed by atoms with van der Waals surface area (Å²) in [5.74, 6) is 0.0278. The molecule has 0 bridgehead atoms. The number of fused-ring (bicyclic) bond motifs is 2. The number of para-hydroxylation sites is 2. The van der Waals surface area contributed by atoms with Crippen molar-refractivity contribution < 1.29 is 44.7 Å². The standard InChI is InChI=1S/C40H40N4O9S2/c1-3-28(24-37-43(20-10-22-54(2,47)48)33-26-29(16-18-35(33)52-37)39(45)41-31-12-6-4-7-13-31)25-38-44(21-11-23-55(49,50)51)34-27-30(17-19-36(34)53-38)40(46)42-32-14-8-5-9-15-32/h4-9,12-19,24-27H,3,10-11,20-23H2,1-2H3,(H2-,41,42,45,46,49,50,51)/p+1. The number of aromatic nitrogens is 1. The van der Waals surface area contributed by atoms with Crippen molar-refractivity contribution in [2.75, 3.05) is 39.8 Å². The smallest absolute Gasteiger partial charge is 0.374 e. The van der Waals surface area contributed by atoms with E-state index in [0.29, 0.717) is 69.7 Å². The zero-order chi connectivity index (χ0) is 39.2. The maximum absolute atomic E-state index is 13.2. The molecule has 0 radical (unpaired) electrons. The van der Waals surface area contributed by atoms with Gasteiger partial charge in [-0.2, -0.15) is 13.0 Å². The fourth-order valence-corrected chi connectivity index (χ4v) is 7.21. The lowest BCUT2D eigenvalue weighted by molar-refractivity contribution is -0.677. The highest BCUT2D eigenvalue weighted by molar-refractivity contribution is 7.90. The van der Waals surface area contributed by atoms with Crippen LogP contribution in [0.4, 0.5) is 17.1 Å². The predicted molar refractivity (Wildman–Crippen MR) is 211 cm³/mol. The van der Waals surface area contributed by atoms with E-state index in [1.165, 1.54) is 6.26 Å². The Bertz CT molecular complexity index is 2500. The fourth-order valence-electron chi connectivity index (χ4n) is 6.06. The van der Waals surface area contributed by atoms with Crippen molar-refractivity contribution in [2.45, 2.75) is 32.7 Å². The molecule has 0 saturated carbocycles. The number of anilines is 3. The third-order valence-corrected chi connectivity index (χ3v) is 10.6. The van der Waals surface area contributed by atoms with Crippen LogP contribution in [0.2, 0.25) is 0 Å². The summed E-state index contributed by atoms with van der Waals surface area (Å²) in [6.07, 6.45) is 5.62. The van der Waals surface area contributed by atoms with Crippen LogP contribution in [0.3, 0.4) is 0 Å². The van der Waals surface area contributed by atoms with E-state index in [0.717, 1.165) is 5.57 Å². The second kappa shape index (κ2) is 16.7. The van der Waals surface area contributed by atoms with E-state index in [-0.39, 0.29) is 37.1 Å². The van der Waals surface area contributed by atoms with Gasteiger partial charge in [0, 0.05) is 53.9 Å². The van der Waals surface area contributed by atoms with Gasteiger partial charge in [-0.15, -0.1) is 0 Å². The number of allylic oxidation sites excluding steroid dienone is 2. The highest BCUT2D eigenvalue weighted by atomic mass is 32.2. The summed E-state index contributed by atoms with van der Waals surface area (Å²) >= 11 is 0. The number of hydrogen-bond acceptors (Lipinski definition) is 9. The number of amides is 2. The number of aryl methyl sites for hydroxylation is 1. The van der Waals surface area contributed by atoms with Crippen LogP contribution in [-0.2, 0) is 26.5 Å². The minimum atomic E-state index is -4.23. The molecule has 2 amide bonds. The van der Waals surface area contributed by atoms with Crippen molar-refractivity contribution in [1.29, 1.82) is 0 Å². The Morgan fingerprint density at radius 2 is 1.44 bits per heavy atom. The van der Waals surface area contributed by atoms with E-state index in [1.807, 2.05) is 47.9 Å². The SMILES string of the molecule is CCC(/C=C1\Oc2ccc(C(=O)Nc3ccccc3)cc2N1CCCS(=O)(=O)O)=C\c1oc2ccc(C(=O)Nc3ccccc3)cc2[n+]1CCCS(C)(=O)=O. The molecule has 55 heavy (non-hydrogen) atoms. The molecule has 6 rings (SSSR count). The topological polar surface area (TPSA) is 176 Å². The Morgan fingerprint density at radius 1 is 0.818 bits per heavy atom. The van der Waals surface area contributed by atoms with Crippen molar-refractivity contribution in [1.82, 2.24) is 0 Å². The van der Waals surface area contributed by atoms with Gasteiger partial charge in [0.1, 0.15) is 9.84 Å². The average molecular weight is 786 g/mol. The van der Waals surface area contributed by atoms with E-state index in [1.54, 1.807) is 77.7 Å². The molecule has 5 aromatic rings. The minimum absolute atomic E-state index is 0.0509. The van der Waals surface area contributed by atoms with Crippen molar-refractivity contribution in [3.63, 3.8) is 0 Å². The summed E-state index contributed by atoms with van der Waals surface area (Å²) in [5, 5.41) is 5.75. The lowest BCUT2D eigenvalue weighted by atomic mass is 10.1. The number of ether oxygens (including phenoxy) is 1. The van der Waals surface area contributed by atoms with Crippen LogP contribution in [0.25, 0.3) is 17.2 Å². The summed E-state index contributed by atoms with van der Waals surface area (Å²) in [5.41, 5.74) is 4.37. The molecule has 15 heteroatoms. The van der Waals surface area contributed by atoms with Gasteiger partial charge in [-0.3, -0.25) is 14.1 Å². The number of hydrogen-bond donors (Lipinski definition) is 3. The molecule has 286 valence electrons. The fraction of sp³-hybridized carbons (Fsp3) is 0.225. The maximum atomic E-state index is 13.2. The van der Waals surface area contributed by atoms with Gasteiger partial charge >= 0.3 is 5.89 Å². The van der Waals surface area contributed by atoms with Gasteiger partial charge < -0.3 is 24.7 Å². The molecule has 3 N–H and O–H groups in total. The van der Waals surface area contributed by atoms with Gasteiger partial charge in [-0.05, 0) is 73.0 Å². The first kappa shape index (κ1) is 38.9. The maximum Gasteiger partial charge on any atom is 0.374 e. The molecule has 0 unspecified atom stereocenters. The third kappa shape index (κ3) is 10.3. The molecule has 0 saturated heterocycles. The van der Waals surface area contributed by atoms with Crippen molar-refractivity contribution in [2.24, 2.45) is 0 Å². The van der Waals surface area contributed by atoms with E-state index in [2.05, 4.69) is 10.6 Å². The molecule has 1 aliphatic heterocycles. The number of rotatable bonds is 15. The van der Waals surface area contributed by atoms with Crippen molar-refractivity contribution in [3.05, 3.63) is 132 Å². The highest BCUT2D eigenvalue weighted by Gasteiger charge is 2.29. The first-order valence-electron chi connectivity index (χ1n) is 17.6. The molecular formula is C40H41N4O9S2+. The van der Waals surface area contributed by atoms with Crippen LogP contribution in [0.5, 0.6) is 5.75 Å². The summed E-state index contributed by atoms with van der Waals surface area (Å²) in [7, 11) is -7.49. The van der Waals surface area contributed by atoms with Crippen LogP contribution >= 0.6 is 0 Å². The van der Waals surface area contributed by atoms with Gasteiger partial charge in [-0.25, -0.2) is 8.42 Å². The molecule has 1 aromatic heterocycles. The van der Waals surface area contributed by atoms with Gasteiger partial charge in [0.25, 0.3) is 27.4 Å². The van der Waals surface area contributed by atoms with Gasteiger partial charge in [0.05, 0.1) is 23.3 Å². The molecule has 0 spiro atoms. The summed E-state index contributed by atoms with van der Waals surface area (Å²) in [6.45, 7) is 2.35. The van der Waals surface area contributed by atoms with Crippen molar-refractivity contribution in [3.8, 4) is 5.75 Å². The number of oxazole rings is 1. The third-order valence-electron chi connectivity index (χ3n) is 8.76. The Morgan fingerprint density at radius 3 is 2.04 bits per heavy atom.